The zero-order valence-corrected chi connectivity index (χ0v) is 10.9. The quantitative estimate of drug-likeness (QED) is 0.800. The molecule has 0 amide bonds. The summed E-state index contributed by atoms with van der Waals surface area (Å²) in [6, 6.07) is 8.48. The SMILES string of the molecule is COC(=O)c1cc(F)c(Oc2cccc(C)c2)cc1F. The van der Waals surface area contributed by atoms with Crippen LogP contribution in [-0.2, 0) is 4.74 Å². The first-order valence-corrected chi connectivity index (χ1v) is 5.83. The number of carbonyl (C=O) groups excluding carboxylic acids is 1. The Morgan fingerprint density at radius 2 is 1.85 bits per heavy atom. The second-order valence-corrected chi connectivity index (χ2v) is 4.17. The van der Waals surface area contributed by atoms with Crippen molar-refractivity contribution in [3.8, 4) is 11.5 Å². The fourth-order valence-corrected chi connectivity index (χ4v) is 1.68. The van der Waals surface area contributed by atoms with Crippen molar-refractivity contribution in [2.24, 2.45) is 0 Å². The Balaban J connectivity index is 2.34. The standard InChI is InChI=1S/C15H12F2O3/c1-9-4-3-5-10(6-9)20-14-8-12(16)11(7-13(14)17)15(18)19-2/h3-8H,1-2H3. The third kappa shape index (κ3) is 2.93. The van der Waals surface area contributed by atoms with E-state index in [0.717, 1.165) is 24.8 Å². The van der Waals surface area contributed by atoms with E-state index < -0.39 is 23.2 Å². The van der Waals surface area contributed by atoms with Gasteiger partial charge in [-0.3, -0.25) is 0 Å². The van der Waals surface area contributed by atoms with E-state index in [2.05, 4.69) is 4.74 Å². The van der Waals surface area contributed by atoms with Crippen molar-refractivity contribution in [1.82, 2.24) is 0 Å². The molecule has 0 fully saturated rings. The first kappa shape index (κ1) is 14.0. The summed E-state index contributed by atoms with van der Waals surface area (Å²) < 4.78 is 37.1. The molecule has 0 spiro atoms. The van der Waals surface area contributed by atoms with Crippen LogP contribution in [0.5, 0.6) is 11.5 Å². The fourth-order valence-electron chi connectivity index (χ4n) is 1.68. The Morgan fingerprint density at radius 3 is 2.50 bits per heavy atom. The van der Waals surface area contributed by atoms with Gasteiger partial charge in [0.25, 0.3) is 0 Å². The van der Waals surface area contributed by atoms with Crippen LogP contribution >= 0.6 is 0 Å². The Bertz CT molecular complexity index is 654. The van der Waals surface area contributed by atoms with Gasteiger partial charge in [0.2, 0.25) is 0 Å². The lowest BCUT2D eigenvalue weighted by molar-refractivity contribution is 0.0595. The Kier molecular flexibility index (Phi) is 3.98. The van der Waals surface area contributed by atoms with Gasteiger partial charge in [0, 0.05) is 6.07 Å². The summed E-state index contributed by atoms with van der Waals surface area (Å²) in [4.78, 5) is 11.2. The fraction of sp³-hybridized carbons (Fsp3) is 0.133. The van der Waals surface area contributed by atoms with Gasteiger partial charge in [-0.1, -0.05) is 12.1 Å². The zero-order chi connectivity index (χ0) is 14.7. The number of carbonyl (C=O) groups is 1. The van der Waals surface area contributed by atoms with Gasteiger partial charge in [-0.2, -0.15) is 0 Å². The van der Waals surface area contributed by atoms with E-state index in [4.69, 9.17) is 4.74 Å². The van der Waals surface area contributed by atoms with E-state index in [1.807, 2.05) is 13.0 Å². The minimum absolute atomic E-state index is 0.291. The van der Waals surface area contributed by atoms with Gasteiger partial charge in [0.15, 0.2) is 11.6 Å². The van der Waals surface area contributed by atoms with Gasteiger partial charge in [-0.15, -0.1) is 0 Å². The number of rotatable bonds is 3. The molecule has 2 aromatic carbocycles. The molecular formula is C15H12F2O3. The smallest absolute Gasteiger partial charge is 0.340 e. The second kappa shape index (κ2) is 5.69. The molecule has 0 aliphatic heterocycles. The zero-order valence-electron chi connectivity index (χ0n) is 10.9. The van der Waals surface area contributed by atoms with Crippen LogP contribution in [0.2, 0.25) is 0 Å². The first-order valence-electron chi connectivity index (χ1n) is 5.83. The average molecular weight is 278 g/mol. The van der Waals surface area contributed by atoms with E-state index in [0.29, 0.717) is 5.75 Å². The van der Waals surface area contributed by atoms with Crippen molar-refractivity contribution < 1.29 is 23.0 Å². The van der Waals surface area contributed by atoms with Gasteiger partial charge in [-0.05, 0) is 30.7 Å². The molecule has 0 aromatic heterocycles. The highest BCUT2D eigenvalue weighted by Gasteiger charge is 2.17. The van der Waals surface area contributed by atoms with Crippen LogP contribution in [0.4, 0.5) is 8.78 Å². The van der Waals surface area contributed by atoms with Gasteiger partial charge < -0.3 is 9.47 Å². The minimum atomic E-state index is -0.941. The molecule has 0 unspecified atom stereocenters. The highest BCUT2D eigenvalue weighted by atomic mass is 19.1. The number of aryl methyl sites for hydroxylation is 1. The molecular weight excluding hydrogens is 266 g/mol. The number of esters is 1. The molecule has 104 valence electrons. The van der Waals surface area contributed by atoms with Crippen LogP contribution in [0, 0.1) is 18.6 Å². The summed E-state index contributed by atoms with van der Waals surface area (Å²) in [5.74, 6) is -2.59. The highest BCUT2D eigenvalue weighted by Crippen LogP contribution is 2.27. The van der Waals surface area contributed by atoms with Crippen molar-refractivity contribution in [2.75, 3.05) is 7.11 Å². The monoisotopic (exact) mass is 278 g/mol. The molecule has 0 atom stereocenters. The van der Waals surface area contributed by atoms with Crippen LogP contribution in [0.1, 0.15) is 15.9 Å². The molecule has 2 rings (SSSR count). The molecule has 0 bridgehead atoms. The van der Waals surface area contributed by atoms with Crippen molar-refractivity contribution in [3.63, 3.8) is 0 Å². The highest BCUT2D eigenvalue weighted by molar-refractivity contribution is 5.89. The Morgan fingerprint density at radius 1 is 1.10 bits per heavy atom. The summed E-state index contributed by atoms with van der Waals surface area (Å²) in [5, 5.41) is 0. The van der Waals surface area contributed by atoms with E-state index in [9.17, 15) is 13.6 Å². The summed E-state index contributed by atoms with van der Waals surface area (Å²) in [7, 11) is 1.09. The Hall–Kier alpha value is -2.43. The third-order valence-corrected chi connectivity index (χ3v) is 2.64. The molecule has 0 radical (unpaired) electrons. The van der Waals surface area contributed by atoms with E-state index in [1.165, 1.54) is 0 Å². The van der Waals surface area contributed by atoms with Gasteiger partial charge >= 0.3 is 5.97 Å². The van der Waals surface area contributed by atoms with Crippen molar-refractivity contribution in [2.45, 2.75) is 6.92 Å². The number of halogens is 2. The normalized spacial score (nSPS) is 10.2. The van der Waals surface area contributed by atoms with Crippen LogP contribution in [0.25, 0.3) is 0 Å². The van der Waals surface area contributed by atoms with E-state index in [1.54, 1.807) is 18.2 Å². The third-order valence-electron chi connectivity index (χ3n) is 2.64. The number of hydrogen-bond acceptors (Lipinski definition) is 3. The predicted octanol–water partition coefficient (Wildman–Crippen LogP) is 3.85. The lowest BCUT2D eigenvalue weighted by Gasteiger charge is -2.09. The van der Waals surface area contributed by atoms with Gasteiger partial charge in [0.05, 0.1) is 12.7 Å². The van der Waals surface area contributed by atoms with Crippen LogP contribution < -0.4 is 4.74 Å². The molecule has 0 saturated carbocycles. The van der Waals surface area contributed by atoms with Crippen molar-refractivity contribution in [1.29, 1.82) is 0 Å². The molecule has 3 nitrogen and oxygen atoms in total. The van der Waals surface area contributed by atoms with Gasteiger partial charge in [0.1, 0.15) is 11.6 Å². The molecule has 0 aliphatic rings. The number of hydrogen-bond donors (Lipinski definition) is 0. The summed E-state index contributed by atoms with van der Waals surface area (Å²) in [6.07, 6.45) is 0. The average Bonchev–Trinajstić information content (AvgIpc) is 2.41. The first-order chi connectivity index (χ1) is 9.51. The van der Waals surface area contributed by atoms with Crippen LogP contribution in [0.3, 0.4) is 0 Å². The van der Waals surface area contributed by atoms with Crippen LogP contribution in [0.15, 0.2) is 36.4 Å². The largest absolute Gasteiger partial charge is 0.465 e. The maximum Gasteiger partial charge on any atom is 0.340 e. The van der Waals surface area contributed by atoms with Crippen molar-refractivity contribution >= 4 is 5.97 Å². The molecule has 5 heteroatoms. The van der Waals surface area contributed by atoms with Crippen molar-refractivity contribution in [3.05, 3.63) is 59.2 Å². The molecule has 0 aliphatic carbocycles. The minimum Gasteiger partial charge on any atom is -0.465 e. The number of methoxy groups -OCH3 is 1. The summed E-state index contributed by atoms with van der Waals surface area (Å²) >= 11 is 0. The number of ether oxygens (including phenoxy) is 2. The predicted molar refractivity (Wildman–Crippen MR) is 69.0 cm³/mol. The molecule has 0 saturated heterocycles. The van der Waals surface area contributed by atoms with Gasteiger partial charge in [-0.25, -0.2) is 13.6 Å². The molecule has 20 heavy (non-hydrogen) atoms. The topological polar surface area (TPSA) is 35.5 Å². The summed E-state index contributed by atoms with van der Waals surface area (Å²) in [5.41, 5.74) is 0.455. The van der Waals surface area contributed by atoms with E-state index >= 15 is 0 Å². The lowest BCUT2D eigenvalue weighted by atomic mass is 10.2. The second-order valence-electron chi connectivity index (χ2n) is 4.17. The number of benzene rings is 2. The van der Waals surface area contributed by atoms with Crippen LogP contribution in [-0.4, -0.2) is 13.1 Å². The molecule has 0 heterocycles. The lowest BCUT2D eigenvalue weighted by Crippen LogP contribution is -2.05. The molecule has 0 N–H and O–H groups in total. The summed E-state index contributed by atoms with van der Waals surface area (Å²) in [6.45, 7) is 1.85. The maximum absolute atomic E-state index is 13.8. The molecule has 2 aromatic rings. The maximum atomic E-state index is 13.8. The Labute approximate surface area is 114 Å². The van der Waals surface area contributed by atoms with E-state index in [-0.39, 0.29) is 5.75 Å².